The number of aliphatic hydroxyl groups excluding tert-OH is 9. The largest absolute Gasteiger partial charge is 0.548 e. The highest BCUT2D eigenvalue weighted by Crippen LogP contribution is 2.27. The van der Waals surface area contributed by atoms with Gasteiger partial charge in [0.2, 0.25) is 89.3 Å². The van der Waals surface area contributed by atoms with Gasteiger partial charge in [-0.3, -0.25) is 67.1 Å². The Morgan fingerprint density at radius 2 is 1.17 bits per heavy atom. The maximum atomic E-state index is 15.3. The number of primary amides is 2. The molecule has 1 saturated heterocycles. The maximum Gasteiger partial charge on any atom is 0.251 e. The topological polar surface area (TPSA) is 676 Å². The van der Waals surface area contributed by atoms with Gasteiger partial charge in [-0.1, -0.05) is 113 Å². The number of nitrogens with two attached hydrogens (primary N) is 2. The summed E-state index contributed by atoms with van der Waals surface area (Å²) in [6.07, 6.45) is -16.2. The van der Waals surface area contributed by atoms with Crippen LogP contribution in [0.2, 0.25) is 0 Å². The third kappa shape index (κ3) is 27.6. The SMILES string of the molecule is CC(/C=C/c1ccccc1)=C\[C@H](O)[C@@H]1CC(=O)N[C@@H](CO)C(=O)N[C@@H]2C[n+]3cc(n([C@H]4OC[C@H](O)[C@H](O)[C@H]4O)c3)C[C@H](NC(=O)CCC[C@@H](C(=O)[O-])NC(=O)[C@@H](O)CNC(=O)[C@H](Cc3ccc(Br)cc3)NC(=O)[C@H]([C@@H](O)C(N)=O)NC(=O)[C@H](CC(N)=O)NC2=O)C(=O)N[C@@H]([C@H](C)O)C(=O)N[C@@H](CO)C(=O)N[C@@H](Cc2ccccc2)C(=O)N1. The summed E-state index contributed by atoms with van der Waals surface area (Å²) in [6.45, 7) is -2.85. The summed E-state index contributed by atoms with van der Waals surface area (Å²) in [5.41, 5.74) is 12.5. The number of carboxylic acids is 1. The molecule has 3 aliphatic rings. The Balaban J connectivity index is 1.42. The summed E-state index contributed by atoms with van der Waals surface area (Å²) >= 11 is 3.27. The number of aliphatic carboxylic acids is 1. The Labute approximate surface area is 675 Å². The highest BCUT2D eigenvalue weighted by Gasteiger charge is 2.45. The number of β-amino-alcohol motifs (C(OH)–C–C–N with tert-alkyl or cyclic N) is 1. The van der Waals surface area contributed by atoms with E-state index < -0.39 is 282 Å². The van der Waals surface area contributed by atoms with Crippen LogP contribution in [0.4, 0.5) is 0 Å². The molecule has 634 valence electrons. The van der Waals surface area contributed by atoms with Gasteiger partial charge in [0, 0.05) is 36.6 Å². The third-order valence-corrected chi connectivity index (χ3v) is 19.3. The Bertz CT molecular complexity index is 4290. The first-order valence-electron chi connectivity index (χ1n) is 36.7. The molecule has 43 heteroatoms. The minimum Gasteiger partial charge on any atom is -0.548 e. The van der Waals surface area contributed by atoms with E-state index in [9.17, 15) is 113 Å². The fourth-order valence-electron chi connectivity index (χ4n) is 12.4. The van der Waals surface area contributed by atoms with Gasteiger partial charge >= 0.3 is 0 Å². The van der Waals surface area contributed by atoms with E-state index >= 15 is 9.59 Å². The molecule has 0 saturated carbocycles. The van der Waals surface area contributed by atoms with E-state index in [1.165, 1.54) is 30.3 Å². The second kappa shape index (κ2) is 44.0. The van der Waals surface area contributed by atoms with Crippen LogP contribution in [0.1, 0.15) is 74.6 Å². The van der Waals surface area contributed by atoms with Crippen LogP contribution < -0.4 is 84.9 Å². The molecule has 14 amide bonds. The molecule has 0 unspecified atom stereocenters. The van der Waals surface area contributed by atoms with E-state index in [-0.39, 0.29) is 17.7 Å². The summed E-state index contributed by atoms with van der Waals surface area (Å²) in [7, 11) is 0. The van der Waals surface area contributed by atoms with Crippen LogP contribution in [-0.4, -0.2) is 275 Å². The van der Waals surface area contributed by atoms with Crippen LogP contribution in [-0.2, 0) is 102 Å². The molecule has 25 N–H and O–H groups in total. The standard InChI is InChI=1S/C74H95BrN16O26/c1-35(16-17-37-10-5-3-6-11-37)22-51(95)43-27-56(100)80-49(31-92)68(110)86-48-30-90-29-41(91(34-90)73-61(103)59(101)53(97)33-117-73)25-46(65(107)88-57(36(2)94)71(113)87-50(32-93)69(111)83-45(64(106)82-43)23-38-12-7-4-8-13-38)79-55(99)15-9-14-42(74(115)116)81-70(112)52(96)28-78-63(105)44(24-39-18-20-40(75)21-19-39)85-72(114)58(60(102)62(77)104)89-66(108)47(26-54(76)98)84-67(48)109/h3-8,10-13,16-22,29,34,36,42-53,57-61,73,92-97,101-103H,9,14-15,23-28,30-33H2,1-2H3,(H16-,76,77,78,79,80,81,82,83,84,85,86,87,88,89,98,99,100,104,105,106,107,108,109,110,111,112,113,114,115,116)/b17-16+,35-22+/t36-,42-,43-,44-,45-,46-,47-,48+,49-,50-,51-,52-,53-,57-,58-,59-,60+,61+,73-/m0/s1. The van der Waals surface area contributed by atoms with Crippen molar-refractivity contribution in [3.63, 3.8) is 0 Å². The summed E-state index contributed by atoms with van der Waals surface area (Å²) in [6, 6.07) is -0.451. The first-order valence-corrected chi connectivity index (χ1v) is 37.5. The van der Waals surface area contributed by atoms with Crippen molar-refractivity contribution in [2.75, 3.05) is 26.4 Å². The van der Waals surface area contributed by atoms with Crippen LogP contribution in [0.15, 0.2) is 120 Å². The first kappa shape index (κ1) is 92.6. The molecule has 1 aromatic heterocycles. The Kier molecular flexibility index (Phi) is 34.8. The number of allylic oxidation sites excluding steroid dienone is 2. The van der Waals surface area contributed by atoms with Gasteiger partial charge < -0.3 is 136 Å². The van der Waals surface area contributed by atoms with E-state index in [4.69, 9.17) is 16.2 Å². The number of carbonyl (C=O) groups excluding carboxylic acids is 15. The van der Waals surface area contributed by atoms with E-state index in [0.29, 0.717) is 21.2 Å². The number of aliphatic hydroxyl groups is 9. The summed E-state index contributed by atoms with van der Waals surface area (Å²) in [4.78, 5) is 213. The number of hydrogen-bond acceptors (Lipinski definition) is 26. The number of ether oxygens (including phenoxy) is 1. The van der Waals surface area contributed by atoms with Crippen molar-refractivity contribution >= 4 is 111 Å². The maximum absolute atomic E-state index is 15.3. The van der Waals surface area contributed by atoms with Crippen LogP contribution in [0.25, 0.3) is 6.08 Å². The van der Waals surface area contributed by atoms with Crippen molar-refractivity contribution in [3.8, 4) is 0 Å². The van der Waals surface area contributed by atoms with E-state index in [1.54, 1.807) is 79.7 Å². The predicted molar refractivity (Wildman–Crippen MR) is 403 cm³/mol. The average Bonchev–Trinajstić information content (AvgIpc) is 1.58. The quantitative estimate of drug-likeness (QED) is 0.0345. The molecular weight excluding hydrogens is 1610 g/mol. The van der Waals surface area contributed by atoms with Crippen molar-refractivity contribution < 1.29 is 132 Å². The lowest BCUT2D eigenvalue weighted by Gasteiger charge is -2.33. The smallest absolute Gasteiger partial charge is 0.251 e. The van der Waals surface area contributed by atoms with Crippen molar-refractivity contribution in [2.24, 2.45) is 11.5 Å². The van der Waals surface area contributed by atoms with Gasteiger partial charge in [0.25, 0.3) is 5.91 Å². The average molecular weight is 1700 g/mol. The number of imidazole rings is 1. The highest BCUT2D eigenvalue weighted by atomic mass is 79.9. The molecule has 3 aliphatic heterocycles. The third-order valence-electron chi connectivity index (χ3n) is 18.8. The number of amides is 14. The highest BCUT2D eigenvalue weighted by molar-refractivity contribution is 9.10. The van der Waals surface area contributed by atoms with Crippen LogP contribution in [0.3, 0.4) is 0 Å². The van der Waals surface area contributed by atoms with Gasteiger partial charge in [-0.25, -0.2) is 9.13 Å². The van der Waals surface area contributed by atoms with Gasteiger partial charge in [0.15, 0.2) is 6.10 Å². The normalized spacial score (nSPS) is 27.8. The van der Waals surface area contributed by atoms with E-state index in [2.05, 4.69) is 69.1 Å². The molecule has 4 aromatic rings. The molecule has 0 spiro atoms. The summed E-state index contributed by atoms with van der Waals surface area (Å²) in [5.74, 6) is -21.7. The molecule has 3 aromatic carbocycles. The molecule has 1 fully saturated rings. The predicted octanol–water partition coefficient (Wildman–Crippen LogP) is -11.6. The molecule has 19 atom stereocenters. The first-order chi connectivity index (χ1) is 55.4. The summed E-state index contributed by atoms with van der Waals surface area (Å²) in [5, 5.41) is 140. The number of carbonyl (C=O) groups is 15. The number of rotatable bonds is 17. The number of fused-ring (bicyclic) bond motifs is 2. The van der Waals surface area contributed by atoms with Gasteiger partial charge in [-0.2, -0.15) is 0 Å². The van der Waals surface area contributed by atoms with Gasteiger partial charge in [-0.05, 0) is 55.5 Å². The lowest BCUT2D eigenvalue weighted by molar-refractivity contribution is -0.697. The lowest BCUT2D eigenvalue weighted by Crippen LogP contribution is -2.64. The number of aromatic nitrogens is 2. The molecule has 0 radical (unpaired) electrons. The minimum atomic E-state index is -2.74. The van der Waals surface area contributed by atoms with Crippen LogP contribution >= 0.6 is 15.9 Å². The fourth-order valence-corrected chi connectivity index (χ4v) is 12.7. The van der Waals surface area contributed by atoms with Crippen molar-refractivity contribution in [2.45, 2.75) is 187 Å². The van der Waals surface area contributed by atoms with Gasteiger partial charge in [-0.15, -0.1) is 0 Å². The number of hydrogen-bond donors (Lipinski definition) is 23. The monoisotopic (exact) mass is 1700 g/mol. The van der Waals surface area contributed by atoms with Crippen LogP contribution in [0, 0.1) is 0 Å². The Hall–Kier alpha value is -11.5. The lowest BCUT2D eigenvalue weighted by atomic mass is 10.0. The molecular formula is C74H95BrN16O26. The van der Waals surface area contributed by atoms with E-state index in [0.717, 1.165) is 28.6 Å². The molecule has 7 rings (SSSR count). The molecule has 4 heterocycles. The number of halogens is 1. The number of nitrogens with one attached hydrogen (secondary N) is 12. The number of carboxylic acid groups (broad SMARTS) is 1. The summed E-state index contributed by atoms with van der Waals surface area (Å²) < 4.78 is 8.27. The van der Waals surface area contributed by atoms with Crippen molar-refractivity contribution in [3.05, 3.63) is 142 Å². The van der Waals surface area contributed by atoms with Crippen molar-refractivity contribution in [1.29, 1.82) is 0 Å². The zero-order valence-corrected chi connectivity index (χ0v) is 64.6. The molecule has 4 bridgehead atoms. The zero-order chi connectivity index (χ0) is 86.1. The second-order valence-electron chi connectivity index (χ2n) is 28.0. The number of benzene rings is 3. The molecule has 0 aliphatic carbocycles. The van der Waals surface area contributed by atoms with Gasteiger partial charge in [0.1, 0.15) is 97.2 Å². The second-order valence-corrected chi connectivity index (χ2v) is 28.9. The zero-order valence-electron chi connectivity index (χ0n) is 63.0. The Morgan fingerprint density at radius 1 is 0.615 bits per heavy atom. The van der Waals surface area contributed by atoms with Gasteiger partial charge in [0.05, 0.1) is 63.0 Å². The number of nitrogens with zero attached hydrogens (tertiary/aromatic N) is 2. The molecule has 117 heavy (non-hydrogen) atoms. The van der Waals surface area contributed by atoms with E-state index in [1.807, 2.05) is 10.6 Å². The van der Waals surface area contributed by atoms with Crippen LogP contribution in [0.5, 0.6) is 0 Å². The fraction of sp³-hybridized carbons (Fsp3) is 0.459. The Morgan fingerprint density at radius 3 is 1.79 bits per heavy atom. The minimum absolute atomic E-state index is 0.283. The molecule has 42 nitrogen and oxygen atoms in total. The van der Waals surface area contributed by atoms with Crippen molar-refractivity contribution in [1.82, 2.24) is 68.4 Å².